The second-order valence-electron chi connectivity index (χ2n) is 5.68. The maximum Gasteiger partial charge on any atom is 0.123 e. The lowest BCUT2D eigenvalue weighted by Gasteiger charge is -2.30. The maximum absolute atomic E-state index is 13.4. The SMILES string of the molecule is OC1(CNC2CCSc3ccc(F)cc32)CCCC1. The van der Waals surface area contributed by atoms with Crippen LogP contribution in [0, 0.1) is 5.82 Å². The van der Waals surface area contributed by atoms with Gasteiger partial charge in [0.05, 0.1) is 5.60 Å². The fraction of sp³-hybridized carbons (Fsp3) is 0.600. The highest BCUT2D eigenvalue weighted by Crippen LogP contribution is 2.37. The van der Waals surface area contributed by atoms with Crippen LogP contribution < -0.4 is 5.32 Å². The summed E-state index contributed by atoms with van der Waals surface area (Å²) in [4.78, 5) is 1.17. The summed E-state index contributed by atoms with van der Waals surface area (Å²) in [5.74, 6) is 0.877. The summed E-state index contributed by atoms with van der Waals surface area (Å²) in [6.07, 6.45) is 5.00. The minimum atomic E-state index is -0.544. The Morgan fingerprint density at radius 2 is 2.16 bits per heavy atom. The van der Waals surface area contributed by atoms with E-state index in [1.165, 1.54) is 11.0 Å². The van der Waals surface area contributed by atoms with Gasteiger partial charge in [0.25, 0.3) is 0 Å². The van der Waals surface area contributed by atoms with Crippen molar-refractivity contribution in [1.82, 2.24) is 5.32 Å². The number of thioether (sulfide) groups is 1. The highest BCUT2D eigenvalue weighted by atomic mass is 32.2. The Labute approximate surface area is 117 Å². The molecule has 1 aromatic carbocycles. The van der Waals surface area contributed by atoms with Gasteiger partial charge in [-0.05, 0) is 48.8 Å². The molecular formula is C15H20FNOS. The lowest BCUT2D eigenvalue weighted by molar-refractivity contribution is 0.0445. The Morgan fingerprint density at radius 1 is 1.37 bits per heavy atom. The lowest BCUT2D eigenvalue weighted by Crippen LogP contribution is -2.40. The van der Waals surface area contributed by atoms with Gasteiger partial charge in [-0.2, -0.15) is 0 Å². The van der Waals surface area contributed by atoms with Crippen molar-refractivity contribution < 1.29 is 9.50 Å². The highest BCUT2D eigenvalue weighted by molar-refractivity contribution is 7.99. The minimum absolute atomic E-state index is 0.173. The predicted octanol–water partition coefficient (Wildman–Crippen LogP) is 3.26. The molecule has 1 aromatic rings. The number of halogens is 1. The Balaban J connectivity index is 1.71. The van der Waals surface area contributed by atoms with Gasteiger partial charge in [-0.1, -0.05) is 12.8 Å². The molecule has 0 bridgehead atoms. The molecule has 104 valence electrons. The molecule has 1 aliphatic carbocycles. The molecule has 4 heteroatoms. The Morgan fingerprint density at radius 3 is 2.95 bits per heavy atom. The van der Waals surface area contributed by atoms with Crippen LogP contribution in [0.15, 0.2) is 23.1 Å². The van der Waals surface area contributed by atoms with Gasteiger partial charge in [0.1, 0.15) is 5.82 Å². The van der Waals surface area contributed by atoms with E-state index >= 15 is 0 Å². The van der Waals surface area contributed by atoms with Crippen molar-refractivity contribution in [1.29, 1.82) is 0 Å². The van der Waals surface area contributed by atoms with Crippen LogP contribution in [0.2, 0.25) is 0 Å². The molecule has 1 atom stereocenters. The molecule has 19 heavy (non-hydrogen) atoms. The molecular weight excluding hydrogens is 261 g/mol. The van der Waals surface area contributed by atoms with Crippen LogP contribution in [0.4, 0.5) is 4.39 Å². The molecule has 0 amide bonds. The zero-order valence-corrected chi connectivity index (χ0v) is 11.8. The zero-order valence-electron chi connectivity index (χ0n) is 11.0. The Hall–Kier alpha value is -0.580. The van der Waals surface area contributed by atoms with Crippen LogP contribution >= 0.6 is 11.8 Å². The lowest BCUT2D eigenvalue weighted by atomic mass is 9.99. The second kappa shape index (κ2) is 5.43. The molecule has 1 saturated carbocycles. The average Bonchev–Trinajstić information content (AvgIpc) is 2.84. The van der Waals surface area contributed by atoms with E-state index in [4.69, 9.17) is 0 Å². The van der Waals surface area contributed by atoms with E-state index in [2.05, 4.69) is 5.32 Å². The van der Waals surface area contributed by atoms with Gasteiger partial charge in [-0.15, -0.1) is 11.8 Å². The standard InChI is InChI=1S/C15H20FNOS/c16-11-3-4-14-12(9-11)13(5-8-19-14)17-10-15(18)6-1-2-7-15/h3-4,9,13,17-18H,1-2,5-8,10H2. The second-order valence-corrected chi connectivity index (χ2v) is 6.82. The van der Waals surface area contributed by atoms with Gasteiger partial charge in [-0.25, -0.2) is 4.39 Å². The van der Waals surface area contributed by atoms with Crippen molar-refractivity contribution in [3.05, 3.63) is 29.6 Å². The van der Waals surface area contributed by atoms with Gasteiger partial charge in [0.15, 0.2) is 0 Å². The number of rotatable bonds is 3. The summed E-state index contributed by atoms with van der Waals surface area (Å²) in [6.45, 7) is 0.623. The van der Waals surface area contributed by atoms with Crippen molar-refractivity contribution >= 4 is 11.8 Å². The third kappa shape index (κ3) is 2.96. The van der Waals surface area contributed by atoms with Crippen LogP contribution in [-0.2, 0) is 0 Å². The summed E-state index contributed by atoms with van der Waals surface area (Å²) in [6, 6.07) is 5.21. The smallest absolute Gasteiger partial charge is 0.123 e. The van der Waals surface area contributed by atoms with E-state index < -0.39 is 5.60 Å². The summed E-state index contributed by atoms with van der Waals surface area (Å²) in [7, 11) is 0. The molecule has 0 radical (unpaired) electrons. The molecule has 2 N–H and O–H groups in total. The van der Waals surface area contributed by atoms with Crippen molar-refractivity contribution in [2.24, 2.45) is 0 Å². The van der Waals surface area contributed by atoms with Crippen molar-refractivity contribution in [2.45, 2.75) is 48.6 Å². The van der Waals surface area contributed by atoms with Crippen LogP contribution in [0.3, 0.4) is 0 Å². The monoisotopic (exact) mass is 281 g/mol. The normalized spacial score (nSPS) is 25.3. The van der Waals surface area contributed by atoms with E-state index in [1.807, 2.05) is 6.07 Å². The predicted molar refractivity (Wildman–Crippen MR) is 75.9 cm³/mol. The van der Waals surface area contributed by atoms with Crippen LogP contribution in [-0.4, -0.2) is 23.0 Å². The Kier molecular flexibility index (Phi) is 3.83. The van der Waals surface area contributed by atoms with Crippen LogP contribution in [0.1, 0.15) is 43.7 Å². The van der Waals surface area contributed by atoms with Crippen molar-refractivity contribution in [3.63, 3.8) is 0 Å². The van der Waals surface area contributed by atoms with E-state index in [9.17, 15) is 9.50 Å². The summed E-state index contributed by atoms with van der Waals surface area (Å²) in [5, 5.41) is 13.8. The molecule has 1 unspecified atom stereocenters. The van der Waals surface area contributed by atoms with E-state index in [-0.39, 0.29) is 11.9 Å². The first-order valence-electron chi connectivity index (χ1n) is 7.04. The largest absolute Gasteiger partial charge is 0.389 e. The number of hydrogen-bond acceptors (Lipinski definition) is 3. The molecule has 1 heterocycles. The molecule has 3 rings (SSSR count). The average molecular weight is 281 g/mol. The zero-order chi connectivity index (χ0) is 13.3. The fourth-order valence-corrected chi connectivity index (χ4v) is 4.21. The van der Waals surface area contributed by atoms with Gasteiger partial charge >= 0.3 is 0 Å². The van der Waals surface area contributed by atoms with Gasteiger partial charge in [-0.3, -0.25) is 0 Å². The number of benzene rings is 1. The molecule has 2 nitrogen and oxygen atoms in total. The van der Waals surface area contributed by atoms with Gasteiger partial charge in [0, 0.05) is 17.5 Å². The number of nitrogens with one attached hydrogen (secondary N) is 1. The van der Waals surface area contributed by atoms with Gasteiger partial charge < -0.3 is 10.4 Å². The molecule has 1 fully saturated rings. The topological polar surface area (TPSA) is 32.3 Å². The molecule has 0 saturated heterocycles. The maximum atomic E-state index is 13.4. The minimum Gasteiger partial charge on any atom is -0.389 e. The molecule has 0 spiro atoms. The molecule has 0 aromatic heterocycles. The number of fused-ring (bicyclic) bond motifs is 1. The summed E-state index contributed by atoms with van der Waals surface area (Å²) in [5.41, 5.74) is 0.510. The van der Waals surface area contributed by atoms with E-state index in [1.54, 1.807) is 17.8 Å². The first-order chi connectivity index (χ1) is 9.16. The molecule has 2 aliphatic rings. The highest BCUT2D eigenvalue weighted by Gasteiger charge is 2.32. The van der Waals surface area contributed by atoms with Crippen molar-refractivity contribution in [3.8, 4) is 0 Å². The third-order valence-electron chi connectivity index (χ3n) is 4.22. The summed E-state index contributed by atoms with van der Waals surface area (Å²) >= 11 is 1.79. The van der Waals surface area contributed by atoms with Gasteiger partial charge in [0.2, 0.25) is 0 Å². The van der Waals surface area contributed by atoms with E-state index in [0.29, 0.717) is 6.54 Å². The quantitative estimate of drug-likeness (QED) is 0.892. The third-order valence-corrected chi connectivity index (χ3v) is 5.35. The first-order valence-corrected chi connectivity index (χ1v) is 8.03. The van der Waals surface area contributed by atoms with Crippen LogP contribution in [0.25, 0.3) is 0 Å². The Bertz CT molecular complexity index is 459. The van der Waals surface area contributed by atoms with Crippen molar-refractivity contribution in [2.75, 3.05) is 12.3 Å². The van der Waals surface area contributed by atoms with E-state index in [0.717, 1.165) is 43.4 Å². The van der Waals surface area contributed by atoms with Crippen LogP contribution in [0.5, 0.6) is 0 Å². The first kappa shape index (κ1) is 13.4. The number of aliphatic hydroxyl groups is 1. The fourth-order valence-electron chi connectivity index (χ4n) is 3.10. The summed E-state index contributed by atoms with van der Waals surface area (Å²) < 4.78 is 13.4. The number of hydrogen-bond donors (Lipinski definition) is 2. The molecule has 1 aliphatic heterocycles.